The molecule has 0 spiro atoms. The van der Waals surface area contributed by atoms with E-state index in [0.29, 0.717) is 22.3 Å². The Morgan fingerprint density at radius 1 is 1.12 bits per heavy atom. The number of para-hydroxylation sites is 1. The molecule has 2 rings (SSSR count). The van der Waals surface area contributed by atoms with Crippen LogP contribution in [0.4, 0.5) is 10.1 Å². The van der Waals surface area contributed by atoms with Crippen molar-refractivity contribution < 1.29 is 22.4 Å². The average Bonchev–Trinajstić information content (AvgIpc) is 2.74. The highest BCUT2D eigenvalue weighted by Gasteiger charge is 2.30. The third-order valence-corrected chi connectivity index (χ3v) is 6.58. The highest BCUT2D eigenvalue weighted by atomic mass is 79.9. The van der Waals surface area contributed by atoms with E-state index in [-0.39, 0.29) is 12.5 Å². The normalized spacial score (nSPS) is 12.2. The monoisotopic (exact) mass is 527 g/mol. The summed E-state index contributed by atoms with van der Waals surface area (Å²) in [6, 6.07) is 11.4. The van der Waals surface area contributed by atoms with Crippen molar-refractivity contribution in [3.63, 3.8) is 0 Å². The lowest BCUT2D eigenvalue weighted by molar-refractivity contribution is -0.139. The van der Waals surface area contributed by atoms with Gasteiger partial charge in [0.2, 0.25) is 21.8 Å². The van der Waals surface area contributed by atoms with Crippen molar-refractivity contribution in [3.8, 4) is 0 Å². The molecule has 0 saturated heterocycles. The molecule has 174 valence electrons. The van der Waals surface area contributed by atoms with Crippen molar-refractivity contribution >= 4 is 43.5 Å². The van der Waals surface area contributed by atoms with Crippen molar-refractivity contribution in [1.29, 1.82) is 0 Å². The van der Waals surface area contributed by atoms with Gasteiger partial charge in [-0.25, -0.2) is 12.8 Å². The lowest BCUT2D eigenvalue weighted by atomic mass is 10.1. The van der Waals surface area contributed by atoms with Gasteiger partial charge in [-0.15, -0.1) is 0 Å². The summed E-state index contributed by atoms with van der Waals surface area (Å²) in [6.07, 6.45) is 1.75. The summed E-state index contributed by atoms with van der Waals surface area (Å²) >= 11 is 3.33. The van der Waals surface area contributed by atoms with Crippen LogP contribution < -0.4 is 9.62 Å². The van der Waals surface area contributed by atoms with E-state index >= 15 is 0 Å². The zero-order chi connectivity index (χ0) is 23.9. The molecule has 2 aromatic carbocycles. The molecule has 32 heavy (non-hydrogen) atoms. The number of carbonyl (C=O) groups excluding carboxylic acids is 2. The van der Waals surface area contributed by atoms with E-state index < -0.39 is 34.3 Å². The number of halogens is 2. The van der Waals surface area contributed by atoms with Crippen LogP contribution in [-0.2, 0) is 26.2 Å². The molecular weight excluding hydrogens is 501 g/mol. The minimum Gasteiger partial charge on any atom is -0.354 e. The second-order valence-corrected chi connectivity index (χ2v) is 10.1. The van der Waals surface area contributed by atoms with Gasteiger partial charge < -0.3 is 10.2 Å². The van der Waals surface area contributed by atoms with E-state index in [4.69, 9.17) is 0 Å². The van der Waals surface area contributed by atoms with E-state index in [1.54, 1.807) is 31.2 Å². The maximum Gasteiger partial charge on any atom is 0.244 e. The number of amides is 2. The highest BCUT2D eigenvalue weighted by Crippen LogP contribution is 2.28. The van der Waals surface area contributed by atoms with E-state index in [0.717, 1.165) is 17.0 Å². The molecule has 0 aliphatic heterocycles. The number of sulfonamides is 1. The first-order valence-electron chi connectivity index (χ1n) is 10.1. The average molecular weight is 528 g/mol. The number of benzene rings is 2. The predicted molar refractivity (Wildman–Crippen MR) is 126 cm³/mol. The summed E-state index contributed by atoms with van der Waals surface area (Å²) in [4.78, 5) is 27.2. The summed E-state index contributed by atoms with van der Waals surface area (Å²) < 4.78 is 39.8. The number of hydrogen-bond donors (Lipinski definition) is 1. The summed E-state index contributed by atoms with van der Waals surface area (Å²) in [5.41, 5.74) is 0.926. The zero-order valence-corrected chi connectivity index (χ0v) is 20.6. The van der Waals surface area contributed by atoms with Crippen LogP contribution in [0.2, 0.25) is 0 Å². The molecule has 0 fully saturated rings. The first kappa shape index (κ1) is 25.8. The molecule has 2 amide bonds. The molecule has 0 aliphatic rings. The van der Waals surface area contributed by atoms with Crippen molar-refractivity contribution in [2.24, 2.45) is 0 Å². The molecule has 10 heteroatoms. The molecular formula is C22H27BrFN3O4S. The first-order chi connectivity index (χ1) is 15.0. The van der Waals surface area contributed by atoms with E-state index in [2.05, 4.69) is 21.2 Å². The fourth-order valence-electron chi connectivity index (χ4n) is 3.01. The molecule has 0 unspecified atom stereocenters. The summed E-state index contributed by atoms with van der Waals surface area (Å²) in [7, 11) is -3.80. The Kier molecular flexibility index (Phi) is 9.21. The lowest BCUT2D eigenvalue weighted by Gasteiger charge is -2.31. The summed E-state index contributed by atoms with van der Waals surface area (Å²) in [5, 5.41) is 2.75. The van der Waals surface area contributed by atoms with E-state index in [1.807, 2.05) is 6.92 Å². The highest BCUT2D eigenvalue weighted by molar-refractivity contribution is 9.10. The second-order valence-electron chi connectivity index (χ2n) is 7.34. The quantitative estimate of drug-likeness (QED) is 0.513. The van der Waals surface area contributed by atoms with Crippen molar-refractivity contribution in [3.05, 3.63) is 64.4 Å². The van der Waals surface area contributed by atoms with Gasteiger partial charge in [-0.2, -0.15) is 0 Å². The molecule has 0 bridgehead atoms. The molecule has 0 aliphatic carbocycles. The van der Waals surface area contributed by atoms with Crippen LogP contribution in [0.3, 0.4) is 0 Å². The zero-order valence-electron chi connectivity index (χ0n) is 18.2. The summed E-state index contributed by atoms with van der Waals surface area (Å²) in [5.74, 6) is -1.33. The fraction of sp³-hybridized carbons (Fsp3) is 0.364. The summed E-state index contributed by atoms with van der Waals surface area (Å²) in [6.45, 7) is 3.47. The van der Waals surface area contributed by atoms with Gasteiger partial charge in [0.25, 0.3) is 0 Å². The molecule has 2 aromatic rings. The Labute approximate surface area is 196 Å². The minimum absolute atomic E-state index is 0.0212. The van der Waals surface area contributed by atoms with Gasteiger partial charge in [-0.05, 0) is 59.1 Å². The Bertz CT molecular complexity index is 1050. The Morgan fingerprint density at radius 3 is 2.31 bits per heavy atom. The van der Waals surface area contributed by atoms with Crippen LogP contribution in [0.25, 0.3) is 0 Å². The standard InChI is InChI=1S/C22H27BrFN3O4S/c1-4-13-25-22(29)16(2)26(14-17-9-11-18(24)12-10-17)21(28)15-27(32(3,30)31)20-8-6-5-7-19(20)23/h5-12,16H,4,13-15H2,1-3H3,(H,25,29)/t16-/m1/s1. The van der Waals surface area contributed by atoms with Crippen LogP contribution in [0, 0.1) is 5.82 Å². The van der Waals surface area contributed by atoms with Crippen molar-refractivity contribution in [1.82, 2.24) is 10.2 Å². The largest absolute Gasteiger partial charge is 0.354 e. The Balaban J connectivity index is 2.37. The topological polar surface area (TPSA) is 86.8 Å². The molecule has 0 aromatic heterocycles. The number of carbonyl (C=O) groups is 2. The second kappa shape index (κ2) is 11.4. The predicted octanol–water partition coefficient (Wildman–Crippen LogP) is 3.30. The van der Waals surface area contributed by atoms with Crippen molar-refractivity contribution in [2.45, 2.75) is 32.9 Å². The maximum absolute atomic E-state index is 13.3. The van der Waals surface area contributed by atoms with Gasteiger partial charge in [-0.3, -0.25) is 13.9 Å². The van der Waals surface area contributed by atoms with Gasteiger partial charge in [-0.1, -0.05) is 31.2 Å². The van der Waals surface area contributed by atoms with Gasteiger partial charge in [0.1, 0.15) is 18.4 Å². The molecule has 1 N–H and O–H groups in total. The molecule has 0 heterocycles. The van der Waals surface area contributed by atoms with Crippen LogP contribution >= 0.6 is 15.9 Å². The third-order valence-electron chi connectivity index (χ3n) is 4.78. The minimum atomic E-state index is -3.80. The van der Waals surface area contributed by atoms with Crippen LogP contribution in [0.15, 0.2) is 53.0 Å². The number of rotatable bonds is 10. The smallest absolute Gasteiger partial charge is 0.244 e. The van der Waals surface area contributed by atoms with Gasteiger partial charge in [0.15, 0.2) is 0 Å². The van der Waals surface area contributed by atoms with Crippen LogP contribution in [-0.4, -0.2) is 50.5 Å². The van der Waals surface area contributed by atoms with Gasteiger partial charge in [0.05, 0.1) is 11.9 Å². The number of hydrogen-bond acceptors (Lipinski definition) is 4. The van der Waals surface area contributed by atoms with Crippen LogP contribution in [0.1, 0.15) is 25.8 Å². The Hall–Kier alpha value is -2.46. The van der Waals surface area contributed by atoms with E-state index in [9.17, 15) is 22.4 Å². The molecule has 0 radical (unpaired) electrons. The van der Waals surface area contributed by atoms with Gasteiger partial charge >= 0.3 is 0 Å². The number of nitrogens with one attached hydrogen (secondary N) is 1. The number of nitrogens with zero attached hydrogens (tertiary/aromatic N) is 2. The third kappa shape index (κ3) is 7.03. The number of anilines is 1. The van der Waals surface area contributed by atoms with E-state index in [1.165, 1.54) is 29.2 Å². The first-order valence-corrected chi connectivity index (χ1v) is 12.7. The molecule has 0 saturated carbocycles. The van der Waals surface area contributed by atoms with Crippen LogP contribution in [0.5, 0.6) is 0 Å². The lowest BCUT2D eigenvalue weighted by Crippen LogP contribution is -2.51. The van der Waals surface area contributed by atoms with Gasteiger partial charge in [0, 0.05) is 17.6 Å². The Morgan fingerprint density at radius 2 is 1.75 bits per heavy atom. The fourth-order valence-corrected chi connectivity index (χ4v) is 4.49. The van der Waals surface area contributed by atoms with Crippen molar-refractivity contribution in [2.75, 3.05) is 23.7 Å². The molecule has 1 atom stereocenters. The maximum atomic E-state index is 13.3. The SMILES string of the molecule is CCCNC(=O)[C@@H](C)N(Cc1ccc(F)cc1)C(=O)CN(c1ccccc1Br)S(C)(=O)=O. The molecule has 7 nitrogen and oxygen atoms in total.